The second-order valence-corrected chi connectivity index (χ2v) is 13.1. The third kappa shape index (κ3) is 5.58. The summed E-state index contributed by atoms with van der Waals surface area (Å²) in [5, 5.41) is 2.47. The third-order valence-electron chi connectivity index (χ3n) is 8.95. The largest absolute Gasteiger partial charge is 0.208 e. The van der Waals surface area contributed by atoms with Crippen LogP contribution in [0.15, 0.2) is 176 Å². The fourth-order valence-corrected chi connectivity index (χ4v) is 7.68. The highest BCUT2D eigenvalue weighted by atomic mass is 32.1. The Balaban J connectivity index is 1.12. The maximum absolute atomic E-state index is 5.14. The number of thiophene rings is 1. The van der Waals surface area contributed by atoms with Crippen molar-refractivity contribution in [1.29, 1.82) is 0 Å². The molecular formula is C45H29N3S. The zero-order valence-corrected chi connectivity index (χ0v) is 27.3. The molecular weight excluding hydrogens is 615 g/mol. The van der Waals surface area contributed by atoms with Gasteiger partial charge >= 0.3 is 0 Å². The average Bonchev–Trinajstić information content (AvgIpc) is 3.58. The van der Waals surface area contributed by atoms with Crippen molar-refractivity contribution in [2.24, 2.45) is 0 Å². The Morgan fingerprint density at radius 1 is 0.306 bits per heavy atom. The molecule has 2 aromatic heterocycles. The zero-order chi connectivity index (χ0) is 32.6. The number of benzene rings is 7. The van der Waals surface area contributed by atoms with Gasteiger partial charge in [-0.15, -0.1) is 11.3 Å². The van der Waals surface area contributed by atoms with Gasteiger partial charge in [-0.25, -0.2) is 15.0 Å². The van der Waals surface area contributed by atoms with E-state index in [0.29, 0.717) is 17.5 Å². The lowest BCUT2D eigenvalue weighted by Crippen LogP contribution is -2.00. The molecule has 0 aliphatic heterocycles. The minimum atomic E-state index is 0.650. The first-order chi connectivity index (χ1) is 24.3. The maximum Gasteiger partial charge on any atom is 0.165 e. The highest BCUT2D eigenvalue weighted by Crippen LogP contribution is 2.40. The van der Waals surface area contributed by atoms with E-state index in [-0.39, 0.29) is 0 Å². The summed E-state index contributed by atoms with van der Waals surface area (Å²) in [6, 6.07) is 61.6. The maximum atomic E-state index is 5.14. The van der Waals surface area contributed by atoms with Crippen molar-refractivity contribution in [3.05, 3.63) is 176 Å². The Bertz CT molecular complexity index is 2590. The topological polar surface area (TPSA) is 38.7 Å². The summed E-state index contributed by atoms with van der Waals surface area (Å²) in [6.07, 6.45) is 0. The van der Waals surface area contributed by atoms with Gasteiger partial charge in [-0.05, 0) is 57.6 Å². The van der Waals surface area contributed by atoms with E-state index in [2.05, 4.69) is 152 Å². The normalized spacial score (nSPS) is 11.3. The lowest BCUT2D eigenvalue weighted by atomic mass is 9.96. The van der Waals surface area contributed by atoms with Crippen LogP contribution in [0.5, 0.6) is 0 Å². The second-order valence-electron chi connectivity index (χ2n) is 12.1. The van der Waals surface area contributed by atoms with Crippen LogP contribution < -0.4 is 0 Å². The van der Waals surface area contributed by atoms with Gasteiger partial charge in [-0.3, -0.25) is 0 Å². The van der Waals surface area contributed by atoms with E-state index in [9.17, 15) is 0 Å². The quantitative estimate of drug-likeness (QED) is 0.181. The van der Waals surface area contributed by atoms with Gasteiger partial charge in [-0.2, -0.15) is 0 Å². The summed E-state index contributed by atoms with van der Waals surface area (Å²) < 4.78 is 2.44. The van der Waals surface area contributed by atoms with E-state index in [1.54, 1.807) is 11.3 Å². The number of aromatic nitrogens is 3. The predicted octanol–water partition coefficient (Wildman–Crippen LogP) is 12.2. The van der Waals surface area contributed by atoms with E-state index in [0.717, 1.165) is 27.8 Å². The summed E-state index contributed by atoms with van der Waals surface area (Å²) in [6.45, 7) is 0. The fraction of sp³-hybridized carbons (Fsp3) is 0. The Morgan fingerprint density at radius 2 is 0.755 bits per heavy atom. The molecule has 49 heavy (non-hydrogen) atoms. The second kappa shape index (κ2) is 12.4. The molecule has 0 unspecified atom stereocenters. The number of hydrogen-bond donors (Lipinski definition) is 0. The van der Waals surface area contributed by atoms with Crippen LogP contribution in [0.3, 0.4) is 0 Å². The Kier molecular flexibility index (Phi) is 7.34. The van der Waals surface area contributed by atoms with Gasteiger partial charge < -0.3 is 0 Å². The number of fused-ring (bicyclic) bond motifs is 3. The van der Waals surface area contributed by atoms with Crippen molar-refractivity contribution >= 4 is 31.5 Å². The summed E-state index contributed by atoms with van der Waals surface area (Å²) in [5.74, 6) is 1.98. The zero-order valence-electron chi connectivity index (χ0n) is 26.5. The molecule has 0 atom stereocenters. The molecule has 0 spiro atoms. The van der Waals surface area contributed by atoms with Crippen LogP contribution >= 0.6 is 11.3 Å². The monoisotopic (exact) mass is 643 g/mol. The van der Waals surface area contributed by atoms with Crippen molar-refractivity contribution in [2.75, 3.05) is 0 Å². The molecule has 0 saturated carbocycles. The van der Waals surface area contributed by atoms with E-state index >= 15 is 0 Å². The summed E-state index contributed by atoms with van der Waals surface area (Å²) in [5.41, 5.74) is 9.95. The molecule has 0 aliphatic carbocycles. The van der Waals surface area contributed by atoms with Crippen LogP contribution in [0, 0.1) is 0 Å². The van der Waals surface area contributed by atoms with Crippen LogP contribution in [-0.4, -0.2) is 15.0 Å². The molecule has 0 bridgehead atoms. The summed E-state index contributed by atoms with van der Waals surface area (Å²) >= 11 is 1.78. The highest BCUT2D eigenvalue weighted by molar-refractivity contribution is 7.26. The summed E-state index contributed by atoms with van der Waals surface area (Å²) in [4.78, 5) is 15.2. The number of rotatable bonds is 6. The highest BCUT2D eigenvalue weighted by Gasteiger charge is 2.17. The molecule has 0 fully saturated rings. The van der Waals surface area contributed by atoms with E-state index in [4.69, 9.17) is 15.0 Å². The predicted molar refractivity (Wildman–Crippen MR) is 205 cm³/mol. The van der Waals surface area contributed by atoms with Gasteiger partial charge in [0.15, 0.2) is 17.5 Å². The number of nitrogens with zero attached hydrogens (tertiary/aromatic N) is 3. The molecule has 3 nitrogen and oxygen atoms in total. The van der Waals surface area contributed by atoms with Gasteiger partial charge in [0, 0.05) is 36.9 Å². The molecule has 4 heteroatoms. The molecule has 9 rings (SSSR count). The van der Waals surface area contributed by atoms with Gasteiger partial charge in [0.1, 0.15) is 0 Å². The van der Waals surface area contributed by atoms with Crippen LogP contribution in [0.4, 0.5) is 0 Å². The molecule has 230 valence electrons. The van der Waals surface area contributed by atoms with Gasteiger partial charge in [0.25, 0.3) is 0 Å². The minimum Gasteiger partial charge on any atom is -0.208 e. The van der Waals surface area contributed by atoms with Gasteiger partial charge in [0.2, 0.25) is 0 Å². The Morgan fingerprint density at radius 3 is 1.47 bits per heavy atom. The van der Waals surface area contributed by atoms with Crippen molar-refractivity contribution in [3.8, 4) is 67.5 Å². The minimum absolute atomic E-state index is 0.650. The lowest BCUT2D eigenvalue weighted by Gasteiger charge is -2.11. The first-order valence-corrected chi connectivity index (χ1v) is 17.2. The molecule has 0 amide bonds. The average molecular weight is 644 g/mol. The Hall–Kier alpha value is -6.23. The SMILES string of the molecule is c1ccc(-c2ccc(-c3cccc(-c4cccc(-c5nc(-c6ccccc6)nc(-c6cccc7c6sc6ccccc67)n5)c4)c3)cc2)cc1. The molecule has 0 N–H and O–H groups in total. The third-order valence-corrected chi connectivity index (χ3v) is 10.2. The molecule has 0 radical (unpaired) electrons. The smallest absolute Gasteiger partial charge is 0.165 e. The first kappa shape index (κ1) is 29.0. The standard InChI is InChI=1S/C45H29N3S/c1-3-12-30(13-4-1)31-24-26-32(27-25-31)34-16-9-17-35(28-34)36-18-10-19-37(29-36)44-46-43(33-14-5-2-6-15-33)47-45(48-44)40-22-11-21-39-38-20-7-8-23-41(38)49-42(39)40/h1-29H. The van der Waals surface area contributed by atoms with E-state index < -0.39 is 0 Å². The van der Waals surface area contributed by atoms with E-state index in [1.807, 2.05) is 24.3 Å². The van der Waals surface area contributed by atoms with Crippen molar-refractivity contribution in [1.82, 2.24) is 15.0 Å². The Labute approximate surface area is 288 Å². The fourth-order valence-electron chi connectivity index (χ4n) is 6.47. The number of hydrogen-bond acceptors (Lipinski definition) is 4. The lowest BCUT2D eigenvalue weighted by molar-refractivity contribution is 1.08. The molecule has 0 aliphatic rings. The van der Waals surface area contributed by atoms with Gasteiger partial charge in [-0.1, -0.05) is 152 Å². The van der Waals surface area contributed by atoms with Crippen LogP contribution in [0.25, 0.3) is 87.7 Å². The van der Waals surface area contributed by atoms with Crippen molar-refractivity contribution in [2.45, 2.75) is 0 Å². The first-order valence-electron chi connectivity index (χ1n) is 16.4. The van der Waals surface area contributed by atoms with Crippen LogP contribution in [0.2, 0.25) is 0 Å². The molecule has 2 heterocycles. The van der Waals surface area contributed by atoms with Crippen LogP contribution in [0.1, 0.15) is 0 Å². The molecule has 0 saturated heterocycles. The molecule has 7 aromatic carbocycles. The van der Waals surface area contributed by atoms with Crippen molar-refractivity contribution in [3.63, 3.8) is 0 Å². The van der Waals surface area contributed by atoms with Crippen LogP contribution in [-0.2, 0) is 0 Å². The summed E-state index contributed by atoms with van der Waals surface area (Å²) in [7, 11) is 0. The van der Waals surface area contributed by atoms with Gasteiger partial charge in [0.05, 0.1) is 0 Å². The molecule has 9 aromatic rings. The van der Waals surface area contributed by atoms with Crippen molar-refractivity contribution < 1.29 is 0 Å². The van der Waals surface area contributed by atoms with E-state index in [1.165, 1.54) is 42.4 Å².